The third-order valence-electron chi connectivity index (χ3n) is 6.08. The van der Waals surface area contributed by atoms with E-state index in [0.29, 0.717) is 11.8 Å². The van der Waals surface area contributed by atoms with Gasteiger partial charge in [-0.15, -0.1) is 0 Å². The van der Waals surface area contributed by atoms with E-state index in [1.54, 1.807) is 4.90 Å². The zero-order chi connectivity index (χ0) is 16.8. The molecule has 6 heteroatoms. The van der Waals surface area contributed by atoms with Gasteiger partial charge in [0.1, 0.15) is 12.2 Å². The van der Waals surface area contributed by atoms with Crippen LogP contribution in [-0.4, -0.2) is 48.5 Å². The van der Waals surface area contributed by atoms with E-state index in [1.807, 2.05) is 13.8 Å². The monoisotopic (exact) mass is 337 g/mol. The van der Waals surface area contributed by atoms with Gasteiger partial charge in [0.15, 0.2) is 0 Å². The van der Waals surface area contributed by atoms with Crippen molar-refractivity contribution >= 4 is 12.1 Å². The number of piperidine rings is 1. The summed E-state index contributed by atoms with van der Waals surface area (Å²) in [5.41, 5.74) is 0. The Balaban J connectivity index is 1.39. The highest BCUT2D eigenvalue weighted by Crippen LogP contribution is 2.55. The first-order valence-corrected chi connectivity index (χ1v) is 9.36. The van der Waals surface area contributed by atoms with Crippen molar-refractivity contribution in [2.24, 2.45) is 23.7 Å². The van der Waals surface area contributed by atoms with Gasteiger partial charge in [-0.1, -0.05) is 13.8 Å². The van der Waals surface area contributed by atoms with Crippen LogP contribution >= 0.6 is 0 Å². The van der Waals surface area contributed by atoms with Crippen molar-refractivity contribution in [1.29, 1.82) is 0 Å². The van der Waals surface area contributed by atoms with Crippen molar-refractivity contribution in [2.75, 3.05) is 13.1 Å². The molecule has 6 atom stereocenters. The van der Waals surface area contributed by atoms with Gasteiger partial charge >= 0.3 is 12.1 Å². The van der Waals surface area contributed by atoms with E-state index in [-0.39, 0.29) is 36.1 Å². The van der Waals surface area contributed by atoms with Gasteiger partial charge in [-0.25, -0.2) is 4.79 Å². The molecule has 4 rings (SSSR count). The van der Waals surface area contributed by atoms with E-state index >= 15 is 0 Å². The summed E-state index contributed by atoms with van der Waals surface area (Å²) < 4.78 is 17.4. The summed E-state index contributed by atoms with van der Waals surface area (Å²) in [5, 5.41) is 0. The number of ether oxygens (including phenoxy) is 3. The Bertz CT molecular complexity index is 516. The molecular weight excluding hydrogens is 310 g/mol. The zero-order valence-electron chi connectivity index (χ0n) is 14.5. The molecule has 2 heterocycles. The van der Waals surface area contributed by atoms with Crippen molar-refractivity contribution in [3.63, 3.8) is 0 Å². The summed E-state index contributed by atoms with van der Waals surface area (Å²) in [4.78, 5) is 26.0. The molecule has 0 aromatic carbocycles. The summed E-state index contributed by atoms with van der Waals surface area (Å²) in [6.45, 7) is 5.51. The molecular formula is C18H27NO5. The van der Waals surface area contributed by atoms with Crippen molar-refractivity contribution < 1.29 is 23.8 Å². The molecule has 0 aromatic heterocycles. The van der Waals surface area contributed by atoms with E-state index in [1.165, 1.54) is 6.42 Å². The topological polar surface area (TPSA) is 65.1 Å². The number of carbonyl (C=O) groups excluding carboxylic acids is 2. The number of hydrogen-bond donors (Lipinski definition) is 0. The Morgan fingerprint density at radius 1 is 1.21 bits per heavy atom. The quantitative estimate of drug-likeness (QED) is 0.583. The Kier molecular flexibility index (Phi) is 4.19. The fraction of sp³-hybridized carbons (Fsp3) is 0.889. The minimum Gasteiger partial charge on any atom is -0.459 e. The smallest absolute Gasteiger partial charge is 0.412 e. The maximum Gasteiger partial charge on any atom is 0.412 e. The van der Waals surface area contributed by atoms with Gasteiger partial charge in [0, 0.05) is 24.9 Å². The summed E-state index contributed by atoms with van der Waals surface area (Å²) in [7, 11) is 0. The molecule has 0 aromatic rings. The molecule has 24 heavy (non-hydrogen) atoms. The maximum atomic E-state index is 12.4. The van der Waals surface area contributed by atoms with E-state index in [0.717, 1.165) is 38.8 Å². The van der Waals surface area contributed by atoms with Crippen LogP contribution in [0.25, 0.3) is 0 Å². The number of esters is 1. The van der Waals surface area contributed by atoms with Gasteiger partial charge in [0.25, 0.3) is 0 Å². The average molecular weight is 337 g/mol. The molecule has 4 aliphatic rings. The number of likely N-dealkylation sites (tertiary alicyclic amines) is 1. The third kappa shape index (κ3) is 2.68. The molecule has 2 saturated carbocycles. The fourth-order valence-electron chi connectivity index (χ4n) is 4.82. The average Bonchev–Trinajstić information content (AvgIpc) is 3.19. The maximum absolute atomic E-state index is 12.4. The first-order valence-electron chi connectivity index (χ1n) is 9.36. The van der Waals surface area contributed by atoms with Crippen LogP contribution in [0, 0.1) is 23.7 Å². The lowest BCUT2D eigenvalue weighted by Crippen LogP contribution is -2.43. The number of rotatable bonds is 4. The van der Waals surface area contributed by atoms with Crippen LogP contribution in [0.1, 0.15) is 46.0 Å². The van der Waals surface area contributed by atoms with E-state index in [9.17, 15) is 9.59 Å². The minimum atomic E-state index is -0.582. The van der Waals surface area contributed by atoms with Gasteiger partial charge in [-0.2, -0.15) is 0 Å². The normalized spacial score (nSPS) is 38.5. The number of hydrogen-bond acceptors (Lipinski definition) is 5. The molecule has 2 aliphatic carbocycles. The number of fused-ring (bicyclic) bond motifs is 1. The lowest BCUT2D eigenvalue weighted by molar-refractivity contribution is -0.196. The summed E-state index contributed by atoms with van der Waals surface area (Å²) in [5.74, 6) is 0.730. The second-order valence-corrected chi connectivity index (χ2v) is 8.05. The summed E-state index contributed by atoms with van der Waals surface area (Å²) in [6.07, 6.45) is 3.97. The van der Waals surface area contributed by atoms with Gasteiger partial charge in [-0.05, 0) is 38.0 Å². The van der Waals surface area contributed by atoms with E-state index in [4.69, 9.17) is 14.2 Å². The molecule has 2 saturated heterocycles. The largest absolute Gasteiger partial charge is 0.459 e. The molecule has 0 radical (unpaired) electrons. The summed E-state index contributed by atoms with van der Waals surface area (Å²) >= 11 is 0. The first-order chi connectivity index (χ1) is 11.5. The van der Waals surface area contributed by atoms with E-state index < -0.39 is 6.29 Å². The van der Waals surface area contributed by atoms with Crippen LogP contribution in [0.15, 0.2) is 0 Å². The molecule has 134 valence electrons. The first kappa shape index (κ1) is 16.2. The van der Waals surface area contributed by atoms with Crippen molar-refractivity contribution in [1.82, 2.24) is 4.90 Å². The molecule has 1 amide bonds. The highest BCUT2D eigenvalue weighted by molar-refractivity contribution is 5.76. The van der Waals surface area contributed by atoms with E-state index in [2.05, 4.69) is 0 Å². The van der Waals surface area contributed by atoms with Crippen LogP contribution in [0.3, 0.4) is 0 Å². The zero-order valence-corrected chi connectivity index (χ0v) is 14.5. The predicted octanol–water partition coefficient (Wildman–Crippen LogP) is 2.56. The molecule has 0 N–H and O–H groups in total. The Hall–Kier alpha value is -1.30. The summed E-state index contributed by atoms with van der Waals surface area (Å²) in [6, 6.07) is 0. The number of amides is 1. The van der Waals surface area contributed by atoms with Crippen molar-refractivity contribution in [2.45, 2.75) is 64.4 Å². The molecule has 2 bridgehead atoms. The Morgan fingerprint density at radius 2 is 1.96 bits per heavy atom. The van der Waals surface area contributed by atoms with Crippen LogP contribution in [0.4, 0.5) is 4.79 Å². The SMILES string of the molecule is CC(C)C(OC(=O)N1CCCCC1)OC1C2CC3C(=O)OC1C3C2. The highest BCUT2D eigenvalue weighted by Gasteiger charge is 2.62. The third-order valence-corrected chi connectivity index (χ3v) is 6.08. The van der Waals surface area contributed by atoms with Crippen molar-refractivity contribution in [3.05, 3.63) is 0 Å². The lowest BCUT2D eigenvalue weighted by Gasteiger charge is -2.33. The molecule has 0 spiro atoms. The van der Waals surface area contributed by atoms with Gasteiger partial charge in [0.05, 0.1) is 5.92 Å². The fourth-order valence-corrected chi connectivity index (χ4v) is 4.82. The number of carbonyl (C=O) groups is 2. The second-order valence-electron chi connectivity index (χ2n) is 8.05. The Labute approximate surface area is 142 Å². The van der Waals surface area contributed by atoms with Crippen LogP contribution in [-0.2, 0) is 19.0 Å². The number of nitrogens with zero attached hydrogens (tertiary/aromatic N) is 1. The van der Waals surface area contributed by atoms with Gasteiger partial charge < -0.3 is 19.1 Å². The molecule has 2 aliphatic heterocycles. The second kappa shape index (κ2) is 6.21. The van der Waals surface area contributed by atoms with Crippen molar-refractivity contribution in [3.8, 4) is 0 Å². The van der Waals surface area contributed by atoms with Crippen LogP contribution in [0.2, 0.25) is 0 Å². The standard InChI is InChI=1S/C18H27NO5/c1-10(2)17(24-18(21)19-6-4-3-5-7-19)23-14-11-8-12-13(9-11)16(20)22-15(12)14/h10-15,17H,3-9H2,1-2H3. The highest BCUT2D eigenvalue weighted by atomic mass is 16.7. The molecule has 6 unspecified atom stereocenters. The Morgan fingerprint density at radius 3 is 2.67 bits per heavy atom. The molecule has 4 fully saturated rings. The van der Waals surface area contributed by atoms with Gasteiger partial charge in [0.2, 0.25) is 6.29 Å². The van der Waals surface area contributed by atoms with Gasteiger partial charge in [-0.3, -0.25) is 4.79 Å². The van der Waals surface area contributed by atoms with Crippen LogP contribution in [0.5, 0.6) is 0 Å². The molecule has 6 nitrogen and oxygen atoms in total. The lowest BCUT2D eigenvalue weighted by atomic mass is 9.88. The predicted molar refractivity (Wildman–Crippen MR) is 85.0 cm³/mol. The minimum absolute atomic E-state index is 0.0609. The van der Waals surface area contributed by atoms with Crippen LogP contribution < -0.4 is 0 Å².